The number of fused-ring (bicyclic) bond motifs is 1. The number of Topliss-reactive ketones (excluding diaryl/α,β-unsaturated/α-hetero) is 1. The van der Waals surface area contributed by atoms with Gasteiger partial charge >= 0.3 is 13.1 Å². The van der Waals surface area contributed by atoms with Crippen LogP contribution in [0.4, 0.5) is 0 Å². The molecular formula is C29H38BNO8. The Morgan fingerprint density at radius 2 is 2.03 bits per heavy atom. The van der Waals surface area contributed by atoms with Crippen LogP contribution < -0.4 is 10.2 Å². The smallest absolute Gasteiger partial charge is 0.482 e. The van der Waals surface area contributed by atoms with Gasteiger partial charge in [-0.2, -0.15) is 0 Å². The molecule has 0 amide bonds. The highest BCUT2D eigenvalue weighted by atomic mass is 16.6. The van der Waals surface area contributed by atoms with Crippen molar-refractivity contribution in [2.24, 2.45) is 39.2 Å². The first-order valence-electron chi connectivity index (χ1n) is 13.7. The maximum Gasteiger partial charge on any atom is 0.583 e. The van der Waals surface area contributed by atoms with Gasteiger partial charge in [-0.15, -0.1) is 11.7 Å². The van der Waals surface area contributed by atoms with Crippen LogP contribution in [-0.2, 0) is 19.1 Å². The first-order valence-corrected chi connectivity index (χ1v) is 13.7. The first kappa shape index (κ1) is 27.9. The summed E-state index contributed by atoms with van der Waals surface area (Å²) in [6, 6.07) is 4.95. The van der Waals surface area contributed by atoms with Crippen molar-refractivity contribution in [3.8, 4) is 5.75 Å². The van der Waals surface area contributed by atoms with Crippen molar-refractivity contribution in [1.29, 1.82) is 0 Å². The van der Waals surface area contributed by atoms with Crippen LogP contribution in [-0.4, -0.2) is 65.2 Å². The summed E-state index contributed by atoms with van der Waals surface area (Å²) >= 11 is 0. The molecule has 0 unspecified atom stereocenters. The SMILES string of the molecule is C=C[C@]1(C)C[C@@H](OC(=O)COc2ccc3c(c2)B(O)ON=C3)[C@@]2(C)[C@@H]3C(=O)[C@@H](O)C[C@@]3(CC[C@@H]2C)[C@@H](C)[C@@H]1O. The molecule has 9 nitrogen and oxygen atoms in total. The molecule has 3 fully saturated rings. The molecule has 39 heavy (non-hydrogen) atoms. The highest BCUT2D eigenvalue weighted by molar-refractivity contribution is 6.62. The van der Waals surface area contributed by atoms with Crippen molar-refractivity contribution in [2.75, 3.05) is 6.61 Å². The lowest BCUT2D eigenvalue weighted by atomic mass is 9.44. The minimum atomic E-state index is -1.23. The Balaban J connectivity index is 1.44. The van der Waals surface area contributed by atoms with E-state index in [1.165, 1.54) is 6.21 Å². The van der Waals surface area contributed by atoms with E-state index < -0.39 is 53.6 Å². The van der Waals surface area contributed by atoms with E-state index >= 15 is 0 Å². The lowest BCUT2D eigenvalue weighted by molar-refractivity contribution is -0.207. The molecule has 1 aliphatic heterocycles. The lowest BCUT2D eigenvalue weighted by Gasteiger charge is -2.61. The number of rotatable bonds is 5. The lowest BCUT2D eigenvalue weighted by Crippen LogP contribution is -2.63. The number of ether oxygens (including phenoxy) is 2. The Labute approximate surface area is 229 Å². The number of benzene rings is 1. The predicted molar refractivity (Wildman–Crippen MR) is 144 cm³/mol. The minimum Gasteiger partial charge on any atom is -0.482 e. The predicted octanol–water partition coefficient (Wildman–Crippen LogP) is 1.99. The number of aliphatic hydroxyl groups excluding tert-OH is 2. The van der Waals surface area contributed by atoms with Crippen LogP contribution in [0.1, 0.15) is 58.9 Å². The van der Waals surface area contributed by atoms with E-state index in [1.54, 1.807) is 24.3 Å². The van der Waals surface area contributed by atoms with Crippen LogP contribution in [0.25, 0.3) is 0 Å². The molecule has 0 aromatic heterocycles. The quantitative estimate of drug-likeness (QED) is 0.294. The normalized spacial score (nSPS) is 41.0. The molecule has 4 aliphatic rings. The summed E-state index contributed by atoms with van der Waals surface area (Å²) in [5, 5.41) is 36.1. The summed E-state index contributed by atoms with van der Waals surface area (Å²) in [7, 11) is -1.23. The van der Waals surface area contributed by atoms with E-state index in [9.17, 15) is 24.8 Å². The van der Waals surface area contributed by atoms with E-state index in [0.29, 0.717) is 29.6 Å². The zero-order valence-corrected chi connectivity index (χ0v) is 23.0. The molecule has 210 valence electrons. The second-order valence-corrected chi connectivity index (χ2v) is 12.5. The van der Waals surface area contributed by atoms with Crippen LogP contribution in [0.2, 0.25) is 0 Å². The summed E-state index contributed by atoms with van der Waals surface area (Å²) in [6.07, 6.45) is 2.64. The highest BCUT2D eigenvalue weighted by Crippen LogP contribution is 2.68. The second-order valence-electron chi connectivity index (χ2n) is 12.5. The summed E-state index contributed by atoms with van der Waals surface area (Å²) in [5.74, 6) is -1.25. The maximum absolute atomic E-state index is 13.6. The zero-order chi connectivity index (χ0) is 28.3. The van der Waals surface area contributed by atoms with Crippen LogP contribution in [0, 0.1) is 34.0 Å². The number of hydrogen-bond donors (Lipinski definition) is 3. The van der Waals surface area contributed by atoms with Gasteiger partial charge in [0.25, 0.3) is 0 Å². The van der Waals surface area contributed by atoms with Crippen molar-refractivity contribution in [1.82, 2.24) is 0 Å². The number of oxime groups is 1. The van der Waals surface area contributed by atoms with Crippen LogP contribution in [0.5, 0.6) is 5.75 Å². The number of carbonyl (C=O) groups excluding carboxylic acids is 2. The van der Waals surface area contributed by atoms with Gasteiger partial charge in [-0.25, -0.2) is 4.79 Å². The fourth-order valence-corrected chi connectivity index (χ4v) is 8.00. The number of esters is 1. The van der Waals surface area contributed by atoms with Gasteiger partial charge in [0, 0.05) is 22.2 Å². The molecule has 10 heteroatoms. The fraction of sp³-hybridized carbons (Fsp3) is 0.621. The van der Waals surface area contributed by atoms with Crippen LogP contribution in [0.3, 0.4) is 0 Å². The molecule has 1 heterocycles. The average Bonchev–Trinajstić information content (AvgIpc) is 3.19. The van der Waals surface area contributed by atoms with Crippen molar-refractivity contribution >= 4 is 30.5 Å². The van der Waals surface area contributed by atoms with Crippen molar-refractivity contribution in [3.63, 3.8) is 0 Å². The number of aliphatic hydroxyl groups is 2. The molecule has 3 aliphatic carbocycles. The molecule has 9 atom stereocenters. The third kappa shape index (κ3) is 4.23. The monoisotopic (exact) mass is 539 g/mol. The second kappa shape index (κ2) is 9.75. The number of hydrogen-bond acceptors (Lipinski definition) is 9. The molecular weight excluding hydrogens is 501 g/mol. The van der Waals surface area contributed by atoms with E-state index in [4.69, 9.17) is 14.2 Å². The average molecular weight is 539 g/mol. The summed E-state index contributed by atoms with van der Waals surface area (Å²) in [5.41, 5.74) is -0.986. The zero-order valence-electron chi connectivity index (χ0n) is 23.0. The molecule has 1 aromatic rings. The molecule has 3 N–H and O–H groups in total. The number of carbonyl (C=O) groups is 2. The van der Waals surface area contributed by atoms with Gasteiger partial charge < -0.3 is 29.5 Å². The van der Waals surface area contributed by atoms with E-state index in [-0.39, 0.29) is 30.6 Å². The fourth-order valence-electron chi connectivity index (χ4n) is 8.00. The van der Waals surface area contributed by atoms with Gasteiger partial charge in [-0.05, 0) is 66.7 Å². The van der Waals surface area contributed by atoms with Gasteiger partial charge in [-0.3, -0.25) is 4.79 Å². The standard InChI is InChI=1S/C29H38BNO8/c1-6-27(4)13-22(38-23(33)15-37-19-8-7-18-14-31-39-30(36)20(18)11-19)28(5)16(2)9-10-29(17(3)26(27)35)12-21(32)24(34)25(28)29/h6-8,11,14,16-17,21-22,25-26,32,35-36H,1,9-10,12-13,15H2,2-5H3/t16-,17-,21-,22+,25-,26-,27+,28-,29-/m0/s1. The molecule has 0 radical (unpaired) electrons. The van der Waals surface area contributed by atoms with Crippen molar-refractivity contribution in [2.45, 2.75) is 71.7 Å². The molecule has 5 rings (SSSR count). The topological polar surface area (TPSA) is 135 Å². The molecule has 1 aromatic carbocycles. The summed E-state index contributed by atoms with van der Waals surface area (Å²) in [6.45, 7) is 11.6. The molecule has 2 bridgehead atoms. The molecule has 0 saturated heterocycles. The van der Waals surface area contributed by atoms with Crippen LogP contribution >= 0.6 is 0 Å². The van der Waals surface area contributed by atoms with Gasteiger partial charge in [0.1, 0.15) is 18.0 Å². The number of nitrogens with zero attached hydrogens (tertiary/aromatic N) is 1. The third-order valence-electron chi connectivity index (χ3n) is 10.6. The Bertz CT molecular complexity index is 1210. The van der Waals surface area contributed by atoms with Crippen LogP contribution in [0.15, 0.2) is 36.0 Å². The van der Waals surface area contributed by atoms with Crippen molar-refractivity contribution < 1.29 is 39.1 Å². The van der Waals surface area contributed by atoms with Gasteiger partial charge in [0.2, 0.25) is 0 Å². The van der Waals surface area contributed by atoms with Gasteiger partial charge in [0.15, 0.2) is 12.4 Å². The Morgan fingerprint density at radius 1 is 1.28 bits per heavy atom. The Hall–Kier alpha value is -2.69. The van der Waals surface area contributed by atoms with Gasteiger partial charge in [-0.1, -0.05) is 33.8 Å². The minimum absolute atomic E-state index is 0.0314. The maximum atomic E-state index is 13.6. The van der Waals surface area contributed by atoms with E-state index in [1.807, 2.05) is 20.8 Å². The third-order valence-corrected chi connectivity index (χ3v) is 10.6. The molecule has 0 spiro atoms. The highest BCUT2D eigenvalue weighted by Gasteiger charge is 2.70. The first-order chi connectivity index (χ1) is 18.4. The summed E-state index contributed by atoms with van der Waals surface area (Å²) < 4.78 is 16.7. The molecule has 3 saturated carbocycles. The van der Waals surface area contributed by atoms with Crippen molar-refractivity contribution in [3.05, 3.63) is 36.4 Å². The van der Waals surface area contributed by atoms with E-state index in [0.717, 1.165) is 6.42 Å². The van der Waals surface area contributed by atoms with Gasteiger partial charge in [0.05, 0.1) is 12.3 Å². The number of ketones is 1. The van der Waals surface area contributed by atoms with E-state index in [2.05, 4.69) is 18.7 Å². The Morgan fingerprint density at radius 3 is 2.74 bits per heavy atom. The Kier molecular flexibility index (Phi) is 6.96. The largest absolute Gasteiger partial charge is 0.583 e. The summed E-state index contributed by atoms with van der Waals surface area (Å²) in [4.78, 5) is 26.8.